The van der Waals surface area contributed by atoms with E-state index < -0.39 is 30.8 Å². The molecule has 2 aromatic carbocycles. The molecule has 1 saturated heterocycles. The van der Waals surface area contributed by atoms with Gasteiger partial charge in [0.25, 0.3) is 6.01 Å². The molecule has 0 spiro atoms. The van der Waals surface area contributed by atoms with Gasteiger partial charge in [-0.2, -0.15) is 22.7 Å². The Balaban J connectivity index is 1.18. The number of hydrogen-bond acceptors (Lipinski definition) is 11. The minimum atomic E-state index is -4.48. The zero-order valence-electron chi connectivity index (χ0n) is 30.8. The highest BCUT2D eigenvalue weighted by Crippen LogP contribution is 2.49. The lowest BCUT2D eigenvalue weighted by Crippen LogP contribution is -2.45. The van der Waals surface area contributed by atoms with Crippen LogP contribution in [0.15, 0.2) is 71.5 Å². The Kier molecular flexibility index (Phi) is 12.0. The van der Waals surface area contributed by atoms with Crippen molar-refractivity contribution in [1.29, 1.82) is 0 Å². The molecule has 6 aromatic rings. The molecule has 18 heteroatoms. The molecule has 12 nitrogen and oxygen atoms in total. The van der Waals surface area contributed by atoms with Crippen molar-refractivity contribution < 1.29 is 46.1 Å². The molecular formula is C39H37ClF4N6O6S. The van der Waals surface area contributed by atoms with Gasteiger partial charge in [-0.05, 0) is 54.9 Å². The van der Waals surface area contributed by atoms with Crippen LogP contribution < -0.4 is 14.2 Å². The Morgan fingerprint density at radius 1 is 1.04 bits per heavy atom. The summed E-state index contributed by atoms with van der Waals surface area (Å²) in [5.41, 5.74) is 2.33. The van der Waals surface area contributed by atoms with Crippen molar-refractivity contribution in [3.8, 4) is 39.1 Å². The number of carboxylic acids is 1. The summed E-state index contributed by atoms with van der Waals surface area (Å²) in [6.07, 6.45) is -3.72. The average Bonchev–Trinajstić information content (AvgIpc) is 3.91. The highest BCUT2D eigenvalue weighted by atomic mass is 35.5. The van der Waals surface area contributed by atoms with Gasteiger partial charge in [-0.15, -0.1) is 11.3 Å². The number of hydrogen-bond donors (Lipinski definition) is 1. The summed E-state index contributed by atoms with van der Waals surface area (Å²) in [5.74, 6) is -0.440. The number of aliphatic carboxylic acids is 1. The van der Waals surface area contributed by atoms with Crippen LogP contribution in [-0.4, -0.2) is 99.3 Å². The minimum Gasteiger partial charge on any atom is -0.491 e. The van der Waals surface area contributed by atoms with E-state index in [0.717, 1.165) is 37.4 Å². The van der Waals surface area contributed by atoms with Crippen molar-refractivity contribution in [1.82, 2.24) is 29.5 Å². The van der Waals surface area contributed by atoms with Gasteiger partial charge in [-0.1, -0.05) is 35.9 Å². The van der Waals surface area contributed by atoms with E-state index >= 15 is 0 Å². The third-order valence-corrected chi connectivity index (χ3v) is 11.1. The number of piperazine rings is 1. The Bertz CT molecular complexity index is 2360. The molecule has 0 saturated carbocycles. The molecule has 0 bridgehead atoms. The monoisotopic (exact) mass is 828 g/mol. The number of carbonyl (C=O) groups is 1. The van der Waals surface area contributed by atoms with Crippen molar-refractivity contribution in [2.75, 3.05) is 46.4 Å². The smallest absolute Gasteiger partial charge is 0.408 e. The summed E-state index contributed by atoms with van der Waals surface area (Å²) in [5, 5.41) is 14.9. The zero-order valence-corrected chi connectivity index (χ0v) is 32.3. The first-order chi connectivity index (χ1) is 27.3. The van der Waals surface area contributed by atoms with E-state index in [1.807, 2.05) is 13.0 Å². The minimum absolute atomic E-state index is 0.0607. The fourth-order valence-electron chi connectivity index (χ4n) is 6.54. The van der Waals surface area contributed by atoms with Crippen LogP contribution in [0, 0.1) is 12.9 Å². The molecule has 1 fully saturated rings. The van der Waals surface area contributed by atoms with Gasteiger partial charge in [0.15, 0.2) is 0 Å². The summed E-state index contributed by atoms with van der Waals surface area (Å²) in [7, 11) is 2.10. The number of nitrogens with zero attached hydrogens (tertiary/aromatic N) is 6. The van der Waals surface area contributed by atoms with Crippen LogP contribution in [0.5, 0.6) is 17.4 Å². The van der Waals surface area contributed by atoms with E-state index in [2.05, 4.69) is 31.9 Å². The van der Waals surface area contributed by atoms with Crippen molar-refractivity contribution >= 4 is 39.1 Å². The van der Waals surface area contributed by atoms with Crippen LogP contribution in [0.1, 0.15) is 16.8 Å². The van der Waals surface area contributed by atoms with Gasteiger partial charge in [0.05, 0.1) is 21.0 Å². The number of para-hydroxylation sites is 1. The fraction of sp³-hybridized carbons (Fsp3) is 0.333. The zero-order chi connectivity index (χ0) is 40.3. The number of benzene rings is 2. The second kappa shape index (κ2) is 17.1. The van der Waals surface area contributed by atoms with Crippen LogP contribution >= 0.6 is 22.9 Å². The summed E-state index contributed by atoms with van der Waals surface area (Å²) < 4.78 is 77.9. The Labute approximate surface area is 333 Å². The highest BCUT2D eigenvalue weighted by Gasteiger charge is 2.31. The Morgan fingerprint density at radius 2 is 1.82 bits per heavy atom. The van der Waals surface area contributed by atoms with Gasteiger partial charge in [0.1, 0.15) is 48.2 Å². The van der Waals surface area contributed by atoms with Crippen LogP contribution in [-0.2, 0) is 24.4 Å². The number of alkyl halides is 3. The lowest BCUT2D eigenvalue weighted by Gasteiger charge is -2.32. The summed E-state index contributed by atoms with van der Waals surface area (Å²) in [4.78, 5) is 27.1. The lowest BCUT2D eigenvalue weighted by atomic mass is 9.97. The Morgan fingerprint density at radius 3 is 2.56 bits per heavy atom. The van der Waals surface area contributed by atoms with E-state index in [9.17, 15) is 27.5 Å². The van der Waals surface area contributed by atoms with E-state index in [1.165, 1.54) is 42.1 Å². The molecule has 57 heavy (non-hydrogen) atoms. The quantitative estimate of drug-likeness (QED) is 0.102. The molecule has 0 aliphatic carbocycles. The molecule has 1 aliphatic rings. The topological polar surface area (TPSA) is 128 Å². The fourth-order valence-corrected chi connectivity index (χ4v) is 7.86. The maximum atomic E-state index is 14.3. The summed E-state index contributed by atoms with van der Waals surface area (Å²) >= 11 is 8.12. The third kappa shape index (κ3) is 9.33. The predicted molar refractivity (Wildman–Crippen MR) is 205 cm³/mol. The average molecular weight is 829 g/mol. The van der Waals surface area contributed by atoms with Gasteiger partial charge in [0.2, 0.25) is 12.0 Å². The van der Waals surface area contributed by atoms with Crippen LogP contribution in [0.4, 0.5) is 17.6 Å². The third-order valence-electron chi connectivity index (χ3n) is 9.55. The normalized spacial score (nSPS) is 14.6. The molecule has 0 unspecified atom stereocenters. The van der Waals surface area contributed by atoms with Gasteiger partial charge in [0, 0.05) is 57.0 Å². The second-order valence-electron chi connectivity index (χ2n) is 13.5. The van der Waals surface area contributed by atoms with Gasteiger partial charge >= 0.3 is 12.1 Å². The number of thiophene rings is 1. The van der Waals surface area contributed by atoms with Crippen molar-refractivity contribution in [2.45, 2.75) is 38.8 Å². The summed E-state index contributed by atoms with van der Waals surface area (Å²) in [6, 6.07) is 13.4. The number of furan rings is 1. The maximum absolute atomic E-state index is 14.3. The molecule has 1 N–H and O–H groups in total. The van der Waals surface area contributed by atoms with E-state index in [-0.39, 0.29) is 36.1 Å². The molecule has 300 valence electrons. The van der Waals surface area contributed by atoms with Crippen LogP contribution in [0.25, 0.3) is 32.0 Å². The SMILES string of the molecule is Cc1c(-c2c(-c3ccc(F)o3)sc3ncnc(O[C@@H](Cc4ccccc4OCc4ccnn4CC(F)(F)F)C(=O)O)c23)ccc(OCCN2CCN(C)CC2)c1Cl. The molecule has 0 amide bonds. The predicted octanol–water partition coefficient (Wildman–Crippen LogP) is 7.76. The largest absolute Gasteiger partial charge is 0.491 e. The number of halogens is 5. The van der Waals surface area contributed by atoms with E-state index in [1.54, 1.807) is 30.3 Å². The number of likely N-dealkylation sites (N-methyl/N-ethyl adjacent to an activating group) is 1. The van der Waals surface area contributed by atoms with Gasteiger partial charge in [-0.25, -0.2) is 14.8 Å². The molecule has 1 aliphatic heterocycles. The maximum Gasteiger partial charge on any atom is 0.408 e. The number of fused-ring (bicyclic) bond motifs is 1. The lowest BCUT2D eigenvalue weighted by molar-refractivity contribution is -0.145. The molecule has 1 atom stereocenters. The molecule has 0 radical (unpaired) electrons. The first-order valence-corrected chi connectivity index (χ1v) is 19.1. The van der Waals surface area contributed by atoms with Crippen LogP contribution in [0.2, 0.25) is 5.02 Å². The van der Waals surface area contributed by atoms with Crippen LogP contribution in [0.3, 0.4) is 0 Å². The van der Waals surface area contributed by atoms with E-state index in [4.69, 9.17) is 30.2 Å². The standard InChI is InChI=1S/C39H37ClF4N6O6S/c1-23-26(7-8-28(34(23)40)53-18-17-49-15-13-48(2)14-16-49)32-33-36(45-22-46-37(33)57-35(32)29-9-10-31(41)55-29)56-30(38(51)52)19-24-5-3-4-6-27(24)54-20-25-11-12-47-50(25)21-39(42,43)44/h3-12,22,30H,13-21H2,1-2H3,(H,51,52)/t30-/m0/s1. The van der Waals surface area contributed by atoms with Crippen molar-refractivity contribution in [2.24, 2.45) is 0 Å². The molecule has 5 heterocycles. The van der Waals surface area contributed by atoms with Crippen molar-refractivity contribution in [3.63, 3.8) is 0 Å². The van der Waals surface area contributed by atoms with Gasteiger partial charge in [-0.3, -0.25) is 9.58 Å². The summed E-state index contributed by atoms with van der Waals surface area (Å²) in [6.45, 7) is 5.31. The Hall–Kier alpha value is -5.23. The number of aromatic nitrogens is 4. The number of ether oxygens (including phenoxy) is 3. The molecular weight excluding hydrogens is 792 g/mol. The van der Waals surface area contributed by atoms with Gasteiger partial charge < -0.3 is 28.6 Å². The highest BCUT2D eigenvalue weighted by molar-refractivity contribution is 7.22. The number of rotatable bonds is 15. The van der Waals surface area contributed by atoms with Crippen molar-refractivity contribution in [3.05, 3.63) is 95.0 Å². The first-order valence-electron chi connectivity index (χ1n) is 17.9. The van der Waals surface area contributed by atoms with E-state index in [0.29, 0.717) is 54.7 Å². The number of carboxylic acid groups (broad SMARTS) is 1. The first kappa shape index (κ1) is 40.0. The second-order valence-corrected chi connectivity index (χ2v) is 14.8. The molecule has 4 aromatic heterocycles. The molecule has 7 rings (SSSR count).